The minimum absolute atomic E-state index is 0.0638. The Hall–Kier alpha value is -2.15. The molecule has 0 saturated carbocycles. The highest BCUT2D eigenvalue weighted by atomic mass is 32.2. The maximum absolute atomic E-state index is 12.5. The maximum Gasteiger partial charge on any atom is 0.251 e. The highest BCUT2D eigenvalue weighted by molar-refractivity contribution is 7.90. The fourth-order valence-corrected chi connectivity index (χ4v) is 3.67. The SMILES string of the molecule is C=CCn1c(N)nnc1S(=O)(=O)Cc1cc(C)cc(C)c1. The number of nitrogens with two attached hydrogens (primary N) is 1. The van der Waals surface area contributed by atoms with Gasteiger partial charge in [-0.05, 0) is 19.4 Å². The Balaban J connectivity index is 2.41. The molecule has 0 bridgehead atoms. The van der Waals surface area contributed by atoms with Gasteiger partial charge >= 0.3 is 0 Å². The number of aryl methyl sites for hydroxylation is 2. The van der Waals surface area contributed by atoms with Crippen LogP contribution in [0.5, 0.6) is 0 Å². The molecule has 2 rings (SSSR count). The first-order chi connectivity index (χ1) is 9.83. The number of sulfone groups is 1. The van der Waals surface area contributed by atoms with Gasteiger partial charge in [0.05, 0.1) is 5.75 Å². The van der Waals surface area contributed by atoms with Crippen LogP contribution in [0.2, 0.25) is 0 Å². The molecule has 112 valence electrons. The molecule has 21 heavy (non-hydrogen) atoms. The minimum Gasteiger partial charge on any atom is -0.368 e. The Morgan fingerprint density at radius 2 is 1.86 bits per heavy atom. The predicted octanol–water partition coefficient (Wildman–Crippen LogP) is 1.64. The lowest BCUT2D eigenvalue weighted by molar-refractivity contribution is 0.573. The van der Waals surface area contributed by atoms with Crippen molar-refractivity contribution in [3.63, 3.8) is 0 Å². The topological polar surface area (TPSA) is 90.9 Å². The zero-order valence-electron chi connectivity index (χ0n) is 12.1. The summed E-state index contributed by atoms with van der Waals surface area (Å²) in [7, 11) is -3.62. The third-order valence-electron chi connectivity index (χ3n) is 2.97. The molecule has 0 unspecified atom stereocenters. The van der Waals surface area contributed by atoms with Gasteiger partial charge in [0.1, 0.15) is 0 Å². The number of benzene rings is 1. The van der Waals surface area contributed by atoms with Crippen LogP contribution >= 0.6 is 0 Å². The molecule has 7 heteroatoms. The number of aromatic nitrogens is 3. The molecular weight excluding hydrogens is 288 g/mol. The first kappa shape index (κ1) is 15.2. The standard InChI is InChI=1S/C14H18N4O2S/c1-4-5-18-13(15)16-17-14(18)21(19,20)9-12-7-10(2)6-11(3)8-12/h4,6-8H,1,5,9H2,2-3H3,(H2,15,16). The van der Waals surface area contributed by atoms with E-state index in [0.717, 1.165) is 16.7 Å². The van der Waals surface area contributed by atoms with Crippen molar-refractivity contribution in [3.8, 4) is 0 Å². The maximum atomic E-state index is 12.5. The number of hydrogen-bond donors (Lipinski definition) is 1. The molecule has 0 radical (unpaired) electrons. The summed E-state index contributed by atoms with van der Waals surface area (Å²) < 4.78 is 26.4. The lowest BCUT2D eigenvalue weighted by Gasteiger charge is -2.08. The Kier molecular flexibility index (Phi) is 4.13. The minimum atomic E-state index is -3.62. The van der Waals surface area contributed by atoms with Crippen molar-refractivity contribution >= 4 is 15.8 Å². The van der Waals surface area contributed by atoms with Gasteiger partial charge in [0.25, 0.3) is 5.16 Å². The summed E-state index contributed by atoms with van der Waals surface area (Å²) in [6, 6.07) is 5.69. The summed E-state index contributed by atoms with van der Waals surface area (Å²) in [5.41, 5.74) is 8.41. The summed E-state index contributed by atoms with van der Waals surface area (Å²) in [6.07, 6.45) is 1.55. The van der Waals surface area contributed by atoms with E-state index in [9.17, 15) is 8.42 Å². The molecule has 0 aliphatic rings. The highest BCUT2D eigenvalue weighted by Gasteiger charge is 2.24. The van der Waals surface area contributed by atoms with Crippen molar-refractivity contribution in [2.24, 2.45) is 0 Å². The predicted molar refractivity (Wildman–Crippen MR) is 81.4 cm³/mol. The summed E-state index contributed by atoms with van der Waals surface area (Å²) in [6.45, 7) is 7.69. The summed E-state index contributed by atoms with van der Waals surface area (Å²) >= 11 is 0. The average Bonchev–Trinajstić information content (AvgIpc) is 2.70. The largest absolute Gasteiger partial charge is 0.368 e. The molecule has 6 nitrogen and oxygen atoms in total. The molecule has 0 aliphatic carbocycles. The van der Waals surface area contributed by atoms with Crippen LogP contribution in [-0.2, 0) is 22.1 Å². The van der Waals surface area contributed by atoms with Crippen molar-refractivity contribution in [3.05, 3.63) is 47.5 Å². The molecule has 0 amide bonds. The van der Waals surface area contributed by atoms with Gasteiger partial charge in [-0.1, -0.05) is 35.4 Å². The number of rotatable bonds is 5. The quantitative estimate of drug-likeness (QED) is 0.848. The van der Waals surface area contributed by atoms with Crippen LogP contribution < -0.4 is 5.73 Å². The monoisotopic (exact) mass is 306 g/mol. The van der Waals surface area contributed by atoms with E-state index in [-0.39, 0.29) is 23.4 Å². The van der Waals surface area contributed by atoms with Crippen LogP contribution in [0.15, 0.2) is 36.0 Å². The van der Waals surface area contributed by atoms with E-state index in [0.29, 0.717) is 0 Å². The van der Waals surface area contributed by atoms with Crippen LogP contribution in [0.1, 0.15) is 16.7 Å². The molecule has 0 aliphatic heterocycles. The number of hydrogen-bond acceptors (Lipinski definition) is 5. The first-order valence-electron chi connectivity index (χ1n) is 6.43. The van der Waals surface area contributed by atoms with Crippen molar-refractivity contribution in [2.75, 3.05) is 5.73 Å². The number of nitrogens with zero attached hydrogens (tertiary/aromatic N) is 3. The Morgan fingerprint density at radius 1 is 1.24 bits per heavy atom. The van der Waals surface area contributed by atoms with E-state index >= 15 is 0 Å². The van der Waals surface area contributed by atoms with Gasteiger partial charge in [-0.3, -0.25) is 4.57 Å². The normalized spacial score (nSPS) is 11.5. The summed E-state index contributed by atoms with van der Waals surface area (Å²) in [5.74, 6) is -0.0703. The van der Waals surface area contributed by atoms with Gasteiger partial charge < -0.3 is 5.73 Å². The molecule has 1 heterocycles. The van der Waals surface area contributed by atoms with E-state index in [1.165, 1.54) is 4.57 Å². The fraction of sp³-hybridized carbons (Fsp3) is 0.286. The zero-order chi connectivity index (χ0) is 15.6. The first-order valence-corrected chi connectivity index (χ1v) is 8.08. The second kappa shape index (κ2) is 5.69. The van der Waals surface area contributed by atoms with Crippen LogP contribution in [-0.4, -0.2) is 23.2 Å². The van der Waals surface area contributed by atoms with Gasteiger partial charge in [0.2, 0.25) is 15.8 Å². The van der Waals surface area contributed by atoms with Gasteiger partial charge in [0.15, 0.2) is 0 Å². The average molecular weight is 306 g/mol. The number of nitrogen functional groups attached to an aromatic ring is 1. The second-order valence-electron chi connectivity index (χ2n) is 5.00. The van der Waals surface area contributed by atoms with Crippen LogP contribution in [0.3, 0.4) is 0 Å². The molecule has 2 aromatic rings. The third-order valence-corrected chi connectivity index (χ3v) is 4.55. The Labute approximate surface area is 124 Å². The molecule has 0 saturated heterocycles. The van der Waals surface area contributed by atoms with Crippen molar-refractivity contribution < 1.29 is 8.42 Å². The van der Waals surface area contributed by atoms with Gasteiger partial charge in [0, 0.05) is 6.54 Å². The van der Waals surface area contributed by atoms with E-state index in [1.54, 1.807) is 6.08 Å². The number of anilines is 1. The van der Waals surface area contributed by atoms with Crippen molar-refractivity contribution in [2.45, 2.75) is 31.3 Å². The van der Waals surface area contributed by atoms with Crippen LogP contribution in [0.25, 0.3) is 0 Å². The van der Waals surface area contributed by atoms with Crippen LogP contribution in [0.4, 0.5) is 5.95 Å². The lowest BCUT2D eigenvalue weighted by atomic mass is 10.1. The van der Waals surface area contributed by atoms with Crippen LogP contribution in [0, 0.1) is 13.8 Å². The summed E-state index contributed by atoms with van der Waals surface area (Å²) in [4.78, 5) is 0. The van der Waals surface area contributed by atoms with E-state index in [4.69, 9.17) is 5.73 Å². The number of allylic oxidation sites excluding steroid dienone is 1. The Bertz CT molecular complexity index is 758. The smallest absolute Gasteiger partial charge is 0.251 e. The second-order valence-corrected chi connectivity index (χ2v) is 6.88. The lowest BCUT2D eigenvalue weighted by Crippen LogP contribution is -2.14. The fourth-order valence-electron chi connectivity index (χ4n) is 2.27. The van der Waals surface area contributed by atoms with E-state index in [2.05, 4.69) is 16.8 Å². The zero-order valence-corrected chi connectivity index (χ0v) is 12.9. The van der Waals surface area contributed by atoms with Gasteiger partial charge in [-0.25, -0.2) is 8.42 Å². The Morgan fingerprint density at radius 3 is 2.43 bits per heavy atom. The van der Waals surface area contributed by atoms with Crippen molar-refractivity contribution in [1.29, 1.82) is 0 Å². The van der Waals surface area contributed by atoms with Gasteiger partial charge in [-0.15, -0.1) is 16.8 Å². The van der Waals surface area contributed by atoms with E-state index in [1.807, 2.05) is 32.0 Å². The molecular formula is C14H18N4O2S. The van der Waals surface area contributed by atoms with Gasteiger partial charge in [-0.2, -0.15) is 0 Å². The summed E-state index contributed by atoms with van der Waals surface area (Å²) in [5, 5.41) is 7.22. The third kappa shape index (κ3) is 3.30. The van der Waals surface area contributed by atoms with E-state index < -0.39 is 9.84 Å². The molecule has 1 aromatic carbocycles. The molecule has 1 aromatic heterocycles. The molecule has 0 spiro atoms. The molecule has 0 fully saturated rings. The van der Waals surface area contributed by atoms with Crippen molar-refractivity contribution in [1.82, 2.24) is 14.8 Å². The highest BCUT2D eigenvalue weighted by Crippen LogP contribution is 2.18. The molecule has 0 atom stereocenters. The molecule has 2 N–H and O–H groups in total.